The highest BCUT2D eigenvalue weighted by molar-refractivity contribution is 7.91. The number of carbonyl (C=O) groups is 1. The van der Waals surface area contributed by atoms with Gasteiger partial charge in [-0.1, -0.05) is 12.1 Å². The lowest BCUT2D eigenvalue weighted by Crippen LogP contribution is -2.32. The number of oxazole rings is 1. The number of benzene rings is 1. The van der Waals surface area contributed by atoms with Gasteiger partial charge in [-0.15, -0.1) is 0 Å². The van der Waals surface area contributed by atoms with E-state index in [0.29, 0.717) is 11.1 Å². The van der Waals surface area contributed by atoms with Gasteiger partial charge in [0.15, 0.2) is 5.58 Å². The fourth-order valence-electron chi connectivity index (χ4n) is 1.46. The summed E-state index contributed by atoms with van der Waals surface area (Å²) in [5.74, 6) is -1.48. The molecule has 0 unspecified atom stereocenters. The van der Waals surface area contributed by atoms with Gasteiger partial charge in [0, 0.05) is 6.54 Å². The summed E-state index contributed by atoms with van der Waals surface area (Å²) in [6.07, 6.45) is 0. The van der Waals surface area contributed by atoms with Crippen molar-refractivity contribution in [2.45, 2.75) is 5.22 Å². The molecule has 2 rings (SSSR count). The molecule has 0 bridgehead atoms. The number of carbonyl (C=O) groups excluding carboxylic acids is 1. The topological polar surface area (TPSA) is 110 Å². The number of aliphatic hydroxyl groups is 1. The van der Waals surface area contributed by atoms with E-state index in [-0.39, 0.29) is 13.2 Å². The van der Waals surface area contributed by atoms with Crippen molar-refractivity contribution in [3.63, 3.8) is 0 Å². The van der Waals surface area contributed by atoms with Crippen LogP contribution in [0.4, 0.5) is 0 Å². The number of amides is 1. The van der Waals surface area contributed by atoms with Crippen LogP contribution in [-0.2, 0) is 14.6 Å². The Morgan fingerprint density at radius 1 is 1.37 bits per heavy atom. The second-order valence-electron chi connectivity index (χ2n) is 3.78. The predicted molar refractivity (Wildman–Crippen MR) is 66.2 cm³/mol. The van der Waals surface area contributed by atoms with Crippen molar-refractivity contribution >= 4 is 26.8 Å². The highest BCUT2D eigenvalue weighted by atomic mass is 32.2. The fraction of sp³-hybridized carbons (Fsp3) is 0.273. The molecule has 0 radical (unpaired) electrons. The maximum Gasteiger partial charge on any atom is 0.316 e. The minimum absolute atomic E-state index is 0.00190. The van der Waals surface area contributed by atoms with Gasteiger partial charge in [0.2, 0.25) is 15.7 Å². The lowest BCUT2D eigenvalue weighted by atomic mass is 10.3. The molecule has 0 spiro atoms. The lowest BCUT2D eigenvalue weighted by Gasteiger charge is -2.01. The third-order valence-electron chi connectivity index (χ3n) is 2.30. The van der Waals surface area contributed by atoms with E-state index in [4.69, 9.17) is 9.52 Å². The molecule has 1 aromatic carbocycles. The van der Waals surface area contributed by atoms with Crippen molar-refractivity contribution in [2.24, 2.45) is 0 Å². The normalized spacial score (nSPS) is 11.6. The van der Waals surface area contributed by atoms with Crippen molar-refractivity contribution < 1.29 is 22.7 Å². The number of rotatable bonds is 5. The number of hydrogen-bond donors (Lipinski definition) is 2. The first kappa shape index (κ1) is 13.5. The van der Waals surface area contributed by atoms with Gasteiger partial charge in [-0.05, 0) is 12.1 Å². The summed E-state index contributed by atoms with van der Waals surface area (Å²) in [7, 11) is -3.92. The molecule has 1 heterocycles. The van der Waals surface area contributed by atoms with Crippen LogP contribution in [-0.4, -0.2) is 43.3 Å². The van der Waals surface area contributed by atoms with Crippen molar-refractivity contribution in [3.05, 3.63) is 24.3 Å². The Kier molecular flexibility index (Phi) is 3.82. The minimum Gasteiger partial charge on any atom is -0.428 e. The molecule has 0 atom stereocenters. The molecule has 8 heteroatoms. The van der Waals surface area contributed by atoms with Crippen LogP contribution in [0.3, 0.4) is 0 Å². The summed E-state index contributed by atoms with van der Waals surface area (Å²) < 4.78 is 28.9. The lowest BCUT2D eigenvalue weighted by molar-refractivity contribution is -0.118. The summed E-state index contributed by atoms with van der Waals surface area (Å²) in [4.78, 5) is 15.2. The van der Waals surface area contributed by atoms with Gasteiger partial charge in [0.05, 0.1) is 6.61 Å². The van der Waals surface area contributed by atoms with Gasteiger partial charge in [0.1, 0.15) is 11.3 Å². The smallest absolute Gasteiger partial charge is 0.316 e. The maximum atomic E-state index is 11.9. The van der Waals surface area contributed by atoms with E-state index < -0.39 is 26.7 Å². The summed E-state index contributed by atoms with van der Waals surface area (Å²) in [6.45, 7) is -0.253. The molecule has 0 saturated heterocycles. The number of fused-ring (bicyclic) bond motifs is 1. The number of para-hydroxylation sites is 2. The second-order valence-corrected chi connectivity index (χ2v) is 5.65. The molecule has 7 nitrogen and oxygen atoms in total. The summed E-state index contributed by atoms with van der Waals surface area (Å²) >= 11 is 0. The highest BCUT2D eigenvalue weighted by Gasteiger charge is 2.25. The number of nitrogens with one attached hydrogen (secondary N) is 1. The average molecular weight is 284 g/mol. The molecule has 0 saturated carbocycles. The molecule has 0 aliphatic rings. The second kappa shape index (κ2) is 5.37. The van der Waals surface area contributed by atoms with E-state index in [9.17, 15) is 13.2 Å². The highest BCUT2D eigenvalue weighted by Crippen LogP contribution is 2.18. The van der Waals surface area contributed by atoms with Crippen molar-refractivity contribution in [2.75, 3.05) is 18.9 Å². The van der Waals surface area contributed by atoms with E-state index in [0.717, 1.165) is 0 Å². The quantitative estimate of drug-likeness (QED) is 0.780. The molecule has 19 heavy (non-hydrogen) atoms. The van der Waals surface area contributed by atoms with Gasteiger partial charge in [0.25, 0.3) is 0 Å². The van der Waals surface area contributed by atoms with Gasteiger partial charge in [-0.3, -0.25) is 4.79 Å². The van der Waals surface area contributed by atoms with E-state index in [2.05, 4.69) is 10.3 Å². The standard InChI is InChI=1S/C11H12N2O5S/c14-6-5-12-10(15)7-19(16,17)11-13-8-3-1-2-4-9(8)18-11/h1-4,14H,5-7H2,(H,12,15). The van der Waals surface area contributed by atoms with Crippen LogP contribution in [0.2, 0.25) is 0 Å². The fourth-order valence-corrected chi connectivity index (χ4v) is 2.49. The average Bonchev–Trinajstić information content (AvgIpc) is 2.80. The number of nitrogens with zero attached hydrogens (tertiary/aromatic N) is 1. The SMILES string of the molecule is O=C(CS(=O)(=O)c1nc2ccccc2o1)NCCO. The van der Waals surface area contributed by atoms with E-state index in [1.165, 1.54) is 0 Å². The molecule has 0 aliphatic carbocycles. The summed E-state index contributed by atoms with van der Waals surface area (Å²) in [6, 6.07) is 6.60. The molecule has 0 fully saturated rings. The largest absolute Gasteiger partial charge is 0.428 e. The molecule has 1 aromatic heterocycles. The Hall–Kier alpha value is -1.93. The third kappa shape index (κ3) is 3.09. The molecule has 1 amide bonds. The summed E-state index contributed by atoms with van der Waals surface area (Å²) in [5.41, 5.74) is 0.758. The number of sulfone groups is 1. The molecular weight excluding hydrogens is 272 g/mol. The van der Waals surface area contributed by atoms with E-state index in [1.54, 1.807) is 24.3 Å². The van der Waals surface area contributed by atoms with Crippen LogP contribution in [0.1, 0.15) is 0 Å². The Labute approximate surface area is 109 Å². The predicted octanol–water partition coefficient (Wildman–Crippen LogP) is -0.290. The maximum absolute atomic E-state index is 11.9. The van der Waals surface area contributed by atoms with Gasteiger partial charge in [-0.2, -0.15) is 4.98 Å². The minimum atomic E-state index is -3.92. The molecule has 2 N–H and O–H groups in total. The molecule has 0 aliphatic heterocycles. The summed E-state index contributed by atoms with van der Waals surface area (Å²) in [5, 5.41) is 10.3. The van der Waals surface area contributed by atoms with Crippen LogP contribution in [0, 0.1) is 0 Å². The number of hydrogen-bond acceptors (Lipinski definition) is 6. The molecule has 2 aromatic rings. The molecular formula is C11H12N2O5S. The Morgan fingerprint density at radius 2 is 2.11 bits per heavy atom. The van der Waals surface area contributed by atoms with Crippen LogP contribution in [0.15, 0.2) is 33.9 Å². The molecule has 102 valence electrons. The van der Waals surface area contributed by atoms with Crippen molar-refractivity contribution in [3.8, 4) is 0 Å². The zero-order valence-corrected chi connectivity index (χ0v) is 10.7. The number of aliphatic hydroxyl groups excluding tert-OH is 1. The van der Waals surface area contributed by atoms with Crippen LogP contribution >= 0.6 is 0 Å². The third-order valence-corrected chi connectivity index (χ3v) is 3.64. The van der Waals surface area contributed by atoms with E-state index in [1.807, 2.05) is 0 Å². The zero-order chi connectivity index (χ0) is 13.9. The Balaban J connectivity index is 2.21. The van der Waals surface area contributed by atoms with Crippen LogP contribution in [0.25, 0.3) is 11.1 Å². The monoisotopic (exact) mass is 284 g/mol. The van der Waals surface area contributed by atoms with Crippen molar-refractivity contribution in [1.82, 2.24) is 10.3 Å². The first-order valence-electron chi connectivity index (χ1n) is 5.49. The van der Waals surface area contributed by atoms with Gasteiger partial charge < -0.3 is 14.8 Å². The first-order valence-corrected chi connectivity index (χ1v) is 7.14. The van der Waals surface area contributed by atoms with Gasteiger partial charge in [-0.25, -0.2) is 8.42 Å². The van der Waals surface area contributed by atoms with Crippen molar-refractivity contribution in [1.29, 1.82) is 0 Å². The number of aromatic nitrogens is 1. The zero-order valence-electron chi connectivity index (χ0n) is 9.87. The van der Waals surface area contributed by atoms with Crippen LogP contribution in [0.5, 0.6) is 0 Å². The first-order chi connectivity index (χ1) is 9.03. The Bertz CT molecular complexity index is 659. The van der Waals surface area contributed by atoms with Gasteiger partial charge >= 0.3 is 5.22 Å². The van der Waals surface area contributed by atoms with Crippen LogP contribution < -0.4 is 5.32 Å². The Morgan fingerprint density at radius 3 is 2.79 bits per heavy atom. The van der Waals surface area contributed by atoms with E-state index >= 15 is 0 Å².